The second-order valence-corrected chi connectivity index (χ2v) is 10.9. The van der Waals surface area contributed by atoms with Crippen LogP contribution in [0.15, 0.2) is 30.3 Å². The van der Waals surface area contributed by atoms with Crippen molar-refractivity contribution in [2.75, 3.05) is 25.1 Å². The summed E-state index contributed by atoms with van der Waals surface area (Å²) < 4.78 is 25.9. The topological polar surface area (TPSA) is 116 Å². The summed E-state index contributed by atoms with van der Waals surface area (Å²) in [7, 11) is -1.80. The van der Waals surface area contributed by atoms with Gasteiger partial charge in [-0.05, 0) is 44.7 Å². The Morgan fingerprint density at radius 3 is 2.58 bits per heavy atom. The number of benzene rings is 1. The summed E-state index contributed by atoms with van der Waals surface area (Å²) in [6.45, 7) is 2.24. The number of hydrazine groups is 1. The monoisotopic (exact) mass is 478 g/mol. The Balaban J connectivity index is 1.75. The molecule has 2 heterocycles. The van der Waals surface area contributed by atoms with E-state index < -0.39 is 33.9 Å². The van der Waals surface area contributed by atoms with Crippen LogP contribution in [0.25, 0.3) is 0 Å². The van der Waals surface area contributed by atoms with Crippen LogP contribution < -0.4 is 10.6 Å². The smallest absolute Gasteiger partial charge is 0.264 e. The zero-order valence-electron chi connectivity index (χ0n) is 19.3. The average Bonchev–Trinajstić information content (AvgIpc) is 2.92. The Bertz CT molecular complexity index is 949. The summed E-state index contributed by atoms with van der Waals surface area (Å²) in [4.78, 5) is 38.8. The molecule has 0 bridgehead atoms. The molecule has 33 heavy (non-hydrogen) atoms. The van der Waals surface area contributed by atoms with E-state index in [9.17, 15) is 22.8 Å². The minimum atomic E-state index is -3.47. The fraction of sp³-hybridized carbons (Fsp3) is 0.609. The van der Waals surface area contributed by atoms with Crippen molar-refractivity contribution in [1.29, 1.82) is 0 Å². The summed E-state index contributed by atoms with van der Waals surface area (Å²) in [5.41, 5.74) is 0.935. The maximum atomic E-state index is 13.4. The third-order valence-electron chi connectivity index (χ3n) is 6.35. The molecular formula is C23H34N4O5S. The normalized spacial score (nSPS) is 22.5. The fourth-order valence-electron chi connectivity index (χ4n) is 4.50. The van der Waals surface area contributed by atoms with Gasteiger partial charge in [0.1, 0.15) is 6.04 Å². The second-order valence-electron chi connectivity index (χ2n) is 8.70. The first-order valence-corrected chi connectivity index (χ1v) is 13.4. The Kier molecular flexibility index (Phi) is 8.47. The van der Waals surface area contributed by atoms with E-state index in [2.05, 4.69) is 10.6 Å². The number of aryl methyl sites for hydroxylation is 1. The van der Waals surface area contributed by atoms with Crippen LogP contribution in [-0.4, -0.2) is 79.4 Å². The maximum absolute atomic E-state index is 13.4. The molecule has 1 aromatic carbocycles. The van der Waals surface area contributed by atoms with Crippen LogP contribution in [0.2, 0.25) is 0 Å². The van der Waals surface area contributed by atoms with Gasteiger partial charge in [-0.2, -0.15) is 0 Å². The molecule has 10 heteroatoms. The fourth-order valence-corrected chi connectivity index (χ4v) is 6.11. The lowest BCUT2D eigenvalue weighted by Gasteiger charge is -2.43. The Morgan fingerprint density at radius 1 is 1.18 bits per heavy atom. The van der Waals surface area contributed by atoms with Crippen molar-refractivity contribution in [1.82, 2.24) is 20.7 Å². The molecule has 2 fully saturated rings. The molecule has 0 aromatic heterocycles. The Morgan fingerprint density at radius 2 is 1.91 bits per heavy atom. The van der Waals surface area contributed by atoms with Crippen LogP contribution in [0.4, 0.5) is 0 Å². The molecule has 2 N–H and O–H groups in total. The second kappa shape index (κ2) is 11.1. The predicted octanol–water partition coefficient (Wildman–Crippen LogP) is 0.655. The number of carbonyl (C=O) groups excluding carboxylic acids is 3. The van der Waals surface area contributed by atoms with Crippen molar-refractivity contribution in [2.24, 2.45) is 0 Å². The zero-order chi connectivity index (χ0) is 24.0. The highest BCUT2D eigenvalue weighted by Crippen LogP contribution is 2.26. The number of sulfone groups is 1. The number of hydrogen-bond donors (Lipinski definition) is 2. The van der Waals surface area contributed by atoms with Gasteiger partial charge >= 0.3 is 0 Å². The van der Waals surface area contributed by atoms with Gasteiger partial charge in [0.05, 0.1) is 23.6 Å². The molecule has 3 rings (SSSR count). The first kappa shape index (κ1) is 25.2. The molecule has 2 aliphatic rings. The first-order valence-electron chi connectivity index (χ1n) is 11.6. The van der Waals surface area contributed by atoms with E-state index in [1.165, 1.54) is 10.0 Å². The Labute approximate surface area is 195 Å². The number of amides is 3. The molecule has 182 valence electrons. The number of carbonyl (C=O) groups is 3. The van der Waals surface area contributed by atoms with Gasteiger partial charge in [-0.1, -0.05) is 37.3 Å². The zero-order valence-corrected chi connectivity index (χ0v) is 20.1. The lowest BCUT2D eigenvalue weighted by molar-refractivity contribution is -0.172. The van der Waals surface area contributed by atoms with E-state index in [-0.39, 0.29) is 36.2 Å². The largest absolute Gasteiger partial charge is 0.343 e. The lowest BCUT2D eigenvalue weighted by atomic mass is 10.1. The number of likely N-dealkylation sites (N-methyl/N-ethyl adjacent to an activating group) is 1. The van der Waals surface area contributed by atoms with Gasteiger partial charge in [0.25, 0.3) is 5.91 Å². The van der Waals surface area contributed by atoms with Crippen LogP contribution >= 0.6 is 0 Å². The van der Waals surface area contributed by atoms with Gasteiger partial charge in [0.15, 0.2) is 9.84 Å². The molecule has 0 radical (unpaired) electrons. The number of nitrogens with one attached hydrogen (secondary N) is 2. The molecular weight excluding hydrogens is 444 g/mol. The average molecular weight is 479 g/mol. The summed E-state index contributed by atoms with van der Waals surface area (Å²) in [5.74, 6) is -1.16. The van der Waals surface area contributed by atoms with Crippen molar-refractivity contribution in [3.63, 3.8) is 0 Å². The molecule has 0 spiro atoms. The summed E-state index contributed by atoms with van der Waals surface area (Å²) >= 11 is 0. The van der Waals surface area contributed by atoms with Crippen molar-refractivity contribution in [2.45, 2.75) is 63.6 Å². The summed E-state index contributed by atoms with van der Waals surface area (Å²) in [6, 6.07) is 7.46. The van der Waals surface area contributed by atoms with Crippen LogP contribution in [0.1, 0.15) is 44.6 Å². The number of hydrogen-bond acceptors (Lipinski definition) is 6. The summed E-state index contributed by atoms with van der Waals surface area (Å²) in [6.07, 6.45) is 2.40. The molecule has 3 atom stereocenters. The minimum Gasteiger partial charge on any atom is -0.343 e. The van der Waals surface area contributed by atoms with E-state index in [0.29, 0.717) is 32.2 Å². The molecule has 9 nitrogen and oxygen atoms in total. The van der Waals surface area contributed by atoms with E-state index >= 15 is 0 Å². The molecule has 1 unspecified atom stereocenters. The molecule has 1 aromatic rings. The van der Waals surface area contributed by atoms with Gasteiger partial charge in [-0.3, -0.25) is 19.4 Å². The molecule has 2 saturated heterocycles. The van der Waals surface area contributed by atoms with Crippen LogP contribution in [0.5, 0.6) is 0 Å². The SMILES string of the molecule is CCC(NC)C(=O)N[C@H]1CCC(=O)N2CCC[C@@H](CS(=O)(=O)CCc3ccccc3)N2C1=O. The highest BCUT2D eigenvalue weighted by atomic mass is 32.2. The molecule has 0 aliphatic carbocycles. The molecule has 0 saturated carbocycles. The Hall–Kier alpha value is -2.46. The van der Waals surface area contributed by atoms with Crippen molar-refractivity contribution in [3.05, 3.63) is 35.9 Å². The predicted molar refractivity (Wildman–Crippen MR) is 125 cm³/mol. The van der Waals surface area contributed by atoms with Gasteiger partial charge in [0.2, 0.25) is 11.8 Å². The highest BCUT2D eigenvalue weighted by molar-refractivity contribution is 7.91. The lowest BCUT2D eigenvalue weighted by Crippen LogP contribution is -2.62. The van der Waals surface area contributed by atoms with Gasteiger partial charge < -0.3 is 10.6 Å². The van der Waals surface area contributed by atoms with Gasteiger partial charge in [-0.25, -0.2) is 13.4 Å². The van der Waals surface area contributed by atoms with E-state index in [1.54, 1.807) is 7.05 Å². The van der Waals surface area contributed by atoms with Crippen molar-refractivity contribution >= 4 is 27.6 Å². The van der Waals surface area contributed by atoms with Gasteiger partial charge in [0, 0.05) is 13.0 Å². The third kappa shape index (κ3) is 6.32. The maximum Gasteiger partial charge on any atom is 0.264 e. The number of rotatable bonds is 9. The van der Waals surface area contributed by atoms with E-state index in [0.717, 1.165) is 5.56 Å². The third-order valence-corrected chi connectivity index (χ3v) is 8.07. The first-order chi connectivity index (χ1) is 15.8. The highest BCUT2D eigenvalue weighted by Gasteiger charge is 2.43. The van der Waals surface area contributed by atoms with E-state index in [1.807, 2.05) is 37.3 Å². The quantitative estimate of drug-likeness (QED) is 0.539. The van der Waals surface area contributed by atoms with Crippen LogP contribution in [0.3, 0.4) is 0 Å². The van der Waals surface area contributed by atoms with Crippen LogP contribution in [0, 0.1) is 0 Å². The summed E-state index contributed by atoms with van der Waals surface area (Å²) in [5, 5.41) is 8.40. The standard InChI is InChI=1S/C23H34N4O5S/c1-3-19(24-2)22(29)25-20-11-12-21(28)26-14-7-10-18(27(26)23(20)30)16-33(31,32)15-13-17-8-5-4-6-9-17/h4-6,8-9,18-20,24H,3,7,10-16H2,1-2H3,(H,25,29)/t18-,19?,20-/m0/s1. The number of nitrogens with zero attached hydrogens (tertiary/aromatic N) is 2. The van der Waals surface area contributed by atoms with Gasteiger partial charge in [-0.15, -0.1) is 0 Å². The molecule has 3 amide bonds. The number of fused-ring (bicyclic) bond motifs is 1. The van der Waals surface area contributed by atoms with Crippen molar-refractivity contribution in [3.8, 4) is 0 Å². The minimum absolute atomic E-state index is 0.0238. The van der Waals surface area contributed by atoms with E-state index in [4.69, 9.17) is 0 Å². The van der Waals surface area contributed by atoms with Crippen molar-refractivity contribution < 1.29 is 22.8 Å². The molecule has 2 aliphatic heterocycles. The van der Waals surface area contributed by atoms with Crippen LogP contribution in [-0.2, 0) is 30.6 Å².